The second-order valence-electron chi connectivity index (χ2n) is 8.04. The smallest absolute Gasteiger partial charge is 0.331 e. The Kier molecular flexibility index (Phi) is 7.09. The summed E-state index contributed by atoms with van der Waals surface area (Å²) in [6.45, 7) is 3.57. The number of amides is 1. The summed E-state index contributed by atoms with van der Waals surface area (Å²) in [4.78, 5) is 47.2. The van der Waals surface area contributed by atoms with Gasteiger partial charge in [-0.25, -0.2) is 4.79 Å². The van der Waals surface area contributed by atoms with Crippen LogP contribution in [0.5, 0.6) is 0 Å². The molecule has 0 unspecified atom stereocenters. The predicted octanol–water partition coefficient (Wildman–Crippen LogP) is 2.03. The number of halogens is 1. The number of nitrogens with one attached hydrogen (secondary N) is 1. The molecule has 0 aliphatic carbocycles. The summed E-state index contributed by atoms with van der Waals surface area (Å²) in [7, 11) is 0. The number of alkyl halides is 1. The number of rotatable bonds is 10. The summed E-state index contributed by atoms with van der Waals surface area (Å²) in [5.41, 5.74) is 0.215. The van der Waals surface area contributed by atoms with Gasteiger partial charge in [-0.2, -0.15) is 4.98 Å². The molecule has 0 aromatic carbocycles. The van der Waals surface area contributed by atoms with Gasteiger partial charge in [0, 0.05) is 37.8 Å². The van der Waals surface area contributed by atoms with Crippen LogP contribution in [-0.4, -0.2) is 36.8 Å². The number of aryl methyl sites for hydroxylation is 1. The maximum atomic E-state index is 13.1. The minimum absolute atomic E-state index is 0.0476. The quantitative estimate of drug-likeness (QED) is 0.451. The molecule has 4 heterocycles. The zero-order chi connectivity index (χ0) is 24.1. The van der Waals surface area contributed by atoms with Crippen LogP contribution in [0.4, 0.5) is 4.39 Å². The lowest BCUT2D eigenvalue weighted by Gasteiger charge is -2.23. The Bertz CT molecular complexity index is 1310. The van der Waals surface area contributed by atoms with Crippen molar-refractivity contribution in [2.45, 2.75) is 51.6 Å². The number of aromatic nitrogens is 5. The molecule has 0 radical (unpaired) electrons. The van der Waals surface area contributed by atoms with E-state index in [2.05, 4.69) is 27.0 Å². The first-order chi connectivity index (χ1) is 16.5. The molecule has 1 N–H and O–H groups in total. The first-order valence-electron chi connectivity index (χ1n) is 11.1. The van der Waals surface area contributed by atoms with E-state index >= 15 is 0 Å². The molecule has 10 nitrogen and oxygen atoms in total. The zero-order valence-corrected chi connectivity index (χ0v) is 18.6. The van der Waals surface area contributed by atoms with Crippen LogP contribution in [0.1, 0.15) is 47.6 Å². The Balaban J connectivity index is 1.49. The number of carbonyl (C=O) groups is 1. The van der Waals surface area contributed by atoms with Crippen LogP contribution in [0.15, 0.2) is 50.8 Å². The van der Waals surface area contributed by atoms with Gasteiger partial charge in [0.1, 0.15) is 11.4 Å². The lowest BCUT2D eigenvalue weighted by atomic mass is 10.0. The largest absolute Gasteiger partial charge is 0.332 e. The van der Waals surface area contributed by atoms with Crippen molar-refractivity contribution in [2.24, 2.45) is 0 Å². The van der Waals surface area contributed by atoms with Crippen LogP contribution in [-0.2, 0) is 25.9 Å². The number of allylic oxidation sites excluding steroid dienone is 1. The Morgan fingerprint density at radius 1 is 1.09 bits per heavy atom. The third-order valence-electron chi connectivity index (χ3n) is 5.57. The van der Waals surface area contributed by atoms with E-state index in [1.807, 2.05) is 6.07 Å². The van der Waals surface area contributed by atoms with Crippen molar-refractivity contribution in [1.29, 1.82) is 0 Å². The molecule has 0 fully saturated rings. The molecule has 1 aliphatic rings. The minimum atomic E-state index is -0.567. The molecule has 0 bridgehead atoms. The van der Waals surface area contributed by atoms with E-state index < -0.39 is 23.8 Å². The van der Waals surface area contributed by atoms with E-state index in [-0.39, 0.29) is 37.2 Å². The molecule has 0 saturated carbocycles. The molecule has 0 atom stereocenters. The molecule has 0 spiro atoms. The zero-order valence-electron chi connectivity index (χ0n) is 18.6. The summed E-state index contributed by atoms with van der Waals surface area (Å²) in [5.74, 6) is 0.305. The lowest BCUT2D eigenvalue weighted by molar-refractivity contribution is 0.0945. The van der Waals surface area contributed by atoms with E-state index in [9.17, 15) is 18.8 Å². The minimum Gasteiger partial charge on any atom is -0.332 e. The molecular formula is C23H25FN6O4. The third kappa shape index (κ3) is 4.87. The number of hydrogen-bond donors (Lipinski definition) is 1. The van der Waals surface area contributed by atoms with Crippen molar-refractivity contribution in [3.05, 3.63) is 74.6 Å². The van der Waals surface area contributed by atoms with Crippen molar-refractivity contribution in [3.63, 3.8) is 0 Å². The molecule has 4 rings (SSSR count). The summed E-state index contributed by atoms with van der Waals surface area (Å²) >= 11 is 0. The van der Waals surface area contributed by atoms with Gasteiger partial charge < -0.3 is 9.84 Å². The summed E-state index contributed by atoms with van der Waals surface area (Å²) < 4.78 is 20.3. The fraction of sp³-hybridized carbons (Fsp3) is 0.391. The van der Waals surface area contributed by atoms with Gasteiger partial charge in [0.25, 0.3) is 17.4 Å². The number of carbonyl (C=O) groups excluding carboxylic acids is 1. The van der Waals surface area contributed by atoms with E-state index in [1.54, 1.807) is 18.3 Å². The molecule has 178 valence electrons. The van der Waals surface area contributed by atoms with Gasteiger partial charge in [0.2, 0.25) is 0 Å². The number of nitrogens with zero attached hydrogens (tertiary/aromatic N) is 5. The SMILES string of the molecule is C=C1Cc2c(n(CCCCF)c(=O)n(CCCCc3noc(-c4ccccn4)n3)c2=O)C(=O)N1. The first kappa shape index (κ1) is 23.3. The predicted molar refractivity (Wildman–Crippen MR) is 121 cm³/mol. The third-order valence-corrected chi connectivity index (χ3v) is 5.57. The van der Waals surface area contributed by atoms with Crippen LogP contribution < -0.4 is 16.6 Å². The van der Waals surface area contributed by atoms with Crippen LogP contribution in [0, 0.1) is 0 Å². The average molecular weight is 468 g/mol. The Labute approximate surface area is 194 Å². The van der Waals surface area contributed by atoms with Crippen LogP contribution >= 0.6 is 0 Å². The average Bonchev–Trinajstić information content (AvgIpc) is 3.30. The Morgan fingerprint density at radius 3 is 2.65 bits per heavy atom. The maximum Gasteiger partial charge on any atom is 0.331 e. The van der Waals surface area contributed by atoms with E-state index in [0.29, 0.717) is 48.8 Å². The molecule has 1 aliphatic heterocycles. The van der Waals surface area contributed by atoms with Crippen LogP contribution in [0.2, 0.25) is 0 Å². The highest BCUT2D eigenvalue weighted by molar-refractivity contribution is 5.96. The van der Waals surface area contributed by atoms with Gasteiger partial charge in [-0.3, -0.25) is 28.1 Å². The summed E-state index contributed by atoms with van der Waals surface area (Å²) in [6, 6.07) is 5.39. The van der Waals surface area contributed by atoms with E-state index in [1.165, 1.54) is 4.57 Å². The fourth-order valence-electron chi connectivity index (χ4n) is 3.92. The van der Waals surface area contributed by atoms with Crippen LogP contribution in [0.25, 0.3) is 11.6 Å². The van der Waals surface area contributed by atoms with E-state index in [4.69, 9.17) is 4.52 Å². The van der Waals surface area contributed by atoms with Crippen molar-refractivity contribution < 1.29 is 13.7 Å². The van der Waals surface area contributed by atoms with Crippen LogP contribution in [0.3, 0.4) is 0 Å². The maximum absolute atomic E-state index is 13.1. The molecular weight excluding hydrogens is 443 g/mol. The van der Waals surface area contributed by atoms with Gasteiger partial charge in [-0.1, -0.05) is 17.8 Å². The highest BCUT2D eigenvalue weighted by atomic mass is 19.1. The standard InChI is InChI=1S/C23H25FN6O4/c1-15-14-16-19(20(31)26-15)29(12-7-4-10-24)23(33)30(22(16)32)13-6-3-9-18-27-21(34-28-18)17-8-2-5-11-25-17/h2,5,8,11H,1,3-4,6-7,9-10,12-14H2,(H,26,31). The number of fused-ring (bicyclic) bond motifs is 1. The number of pyridine rings is 1. The molecule has 3 aromatic rings. The topological polar surface area (TPSA) is 125 Å². The second-order valence-corrected chi connectivity index (χ2v) is 8.04. The van der Waals surface area contributed by atoms with E-state index in [0.717, 1.165) is 4.57 Å². The fourth-order valence-corrected chi connectivity index (χ4v) is 3.92. The van der Waals surface area contributed by atoms with Gasteiger partial charge in [-0.15, -0.1) is 0 Å². The molecule has 1 amide bonds. The van der Waals surface area contributed by atoms with Gasteiger partial charge >= 0.3 is 5.69 Å². The monoisotopic (exact) mass is 468 g/mol. The first-order valence-corrected chi connectivity index (χ1v) is 11.1. The second kappa shape index (κ2) is 10.4. The molecule has 34 heavy (non-hydrogen) atoms. The number of unbranched alkanes of at least 4 members (excludes halogenated alkanes) is 2. The van der Waals surface area contributed by atoms with Crippen molar-refractivity contribution >= 4 is 5.91 Å². The number of hydrogen-bond acceptors (Lipinski definition) is 7. The highest BCUT2D eigenvalue weighted by Gasteiger charge is 2.28. The highest BCUT2D eigenvalue weighted by Crippen LogP contribution is 2.16. The lowest BCUT2D eigenvalue weighted by Crippen LogP contribution is -2.48. The Morgan fingerprint density at radius 2 is 1.88 bits per heavy atom. The van der Waals surface area contributed by atoms with Gasteiger partial charge in [0.05, 0.1) is 12.2 Å². The van der Waals surface area contributed by atoms with Crippen molar-refractivity contribution in [2.75, 3.05) is 6.67 Å². The van der Waals surface area contributed by atoms with Gasteiger partial charge in [-0.05, 0) is 37.8 Å². The molecule has 0 saturated heterocycles. The van der Waals surface area contributed by atoms with Crippen molar-refractivity contribution in [3.8, 4) is 11.6 Å². The molecule has 3 aromatic heterocycles. The molecule has 11 heteroatoms. The Hall–Kier alpha value is -3.89. The van der Waals surface area contributed by atoms with Crippen molar-refractivity contribution in [1.82, 2.24) is 29.6 Å². The summed E-state index contributed by atoms with van der Waals surface area (Å²) in [5, 5.41) is 6.54. The normalized spacial score (nSPS) is 13.1. The van der Waals surface area contributed by atoms with Gasteiger partial charge in [0.15, 0.2) is 5.82 Å². The summed E-state index contributed by atoms with van der Waals surface area (Å²) in [6.07, 6.45) is 4.06.